The van der Waals surface area contributed by atoms with E-state index in [2.05, 4.69) is 15.5 Å². The van der Waals surface area contributed by atoms with Gasteiger partial charge in [-0.15, -0.1) is 10.2 Å². The number of nitrogens with zero attached hydrogens (tertiary/aromatic N) is 2. The predicted molar refractivity (Wildman–Crippen MR) is 51.7 cm³/mol. The summed E-state index contributed by atoms with van der Waals surface area (Å²) in [4.78, 5) is 0. The van der Waals surface area contributed by atoms with Crippen molar-refractivity contribution >= 4 is 23.1 Å². The molecule has 2 rings (SSSR count). The van der Waals surface area contributed by atoms with Gasteiger partial charge in [-0.05, 0) is 19.4 Å². The third kappa shape index (κ3) is 2.18. The molecule has 0 saturated carbocycles. The molecule has 0 spiro atoms. The van der Waals surface area contributed by atoms with E-state index in [0.29, 0.717) is 5.25 Å². The van der Waals surface area contributed by atoms with E-state index >= 15 is 0 Å². The minimum atomic E-state index is 0.701. The molecule has 1 N–H and O–H groups in total. The van der Waals surface area contributed by atoms with Crippen LogP contribution in [0.5, 0.6) is 0 Å². The lowest BCUT2D eigenvalue weighted by molar-refractivity contribution is 0.531. The number of rotatable bonds is 2. The Balaban J connectivity index is 1.86. The minimum Gasteiger partial charge on any atom is -0.316 e. The predicted octanol–water partition coefficient (Wildman–Crippen LogP) is 1.38. The van der Waals surface area contributed by atoms with E-state index in [1.54, 1.807) is 16.8 Å². The highest BCUT2D eigenvalue weighted by Crippen LogP contribution is 2.27. The number of hydrogen-bond donors (Lipinski definition) is 1. The van der Waals surface area contributed by atoms with Crippen LogP contribution < -0.4 is 5.32 Å². The Bertz CT molecular complexity index is 219. The van der Waals surface area contributed by atoms with Crippen LogP contribution in [0.15, 0.2) is 9.85 Å². The summed E-state index contributed by atoms with van der Waals surface area (Å²) in [6.07, 6.45) is 2.59. The van der Waals surface area contributed by atoms with E-state index in [0.717, 1.165) is 10.9 Å². The highest BCUT2D eigenvalue weighted by Gasteiger charge is 2.15. The molecule has 0 bridgehead atoms. The number of aromatic nitrogens is 2. The van der Waals surface area contributed by atoms with Crippen molar-refractivity contribution in [2.24, 2.45) is 0 Å². The van der Waals surface area contributed by atoms with Crippen molar-refractivity contribution in [3.8, 4) is 0 Å². The minimum absolute atomic E-state index is 0.701. The molecule has 12 heavy (non-hydrogen) atoms. The Hall–Kier alpha value is -0.130. The number of piperidine rings is 1. The number of thioether (sulfide) groups is 1. The average molecular weight is 201 g/mol. The number of nitrogens with one attached hydrogen (secondary N) is 1. The second kappa shape index (κ2) is 4.20. The normalized spacial score (nSPS) is 24.2. The van der Waals surface area contributed by atoms with Crippen LogP contribution in [0.3, 0.4) is 0 Å². The molecule has 2 heterocycles. The van der Waals surface area contributed by atoms with E-state index < -0.39 is 0 Å². The van der Waals surface area contributed by atoms with Gasteiger partial charge in [-0.3, -0.25) is 0 Å². The van der Waals surface area contributed by atoms with Crippen LogP contribution >= 0.6 is 23.1 Å². The summed E-state index contributed by atoms with van der Waals surface area (Å²) in [6, 6.07) is 0. The number of hydrogen-bond acceptors (Lipinski definition) is 5. The Morgan fingerprint density at radius 1 is 1.67 bits per heavy atom. The van der Waals surface area contributed by atoms with Crippen molar-refractivity contribution in [3.63, 3.8) is 0 Å². The summed E-state index contributed by atoms with van der Waals surface area (Å²) in [6.45, 7) is 2.29. The molecule has 5 heteroatoms. The van der Waals surface area contributed by atoms with E-state index in [4.69, 9.17) is 0 Å². The zero-order chi connectivity index (χ0) is 8.23. The van der Waals surface area contributed by atoms with Crippen molar-refractivity contribution < 1.29 is 0 Å². The molecule has 0 aliphatic carbocycles. The zero-order valence-electron chi connectivity index (χ0n) is 6.69. The van der Waals surface area contributed by atoms with Gasteiger partial charge in [0, 0.05) is 11.8 Å². The molecule has 1 aromatic rings. The van der Waals surface area contributed by atoms with Crippen molar-refractivity contribution in [3.05, 3.63) is 5.51 Å². The maximum absolute atomic E-state index is 4.01. The first-order valence-electron chi connectivity index (χ1n) is 4.09. The molecule has 1 fully saturated rings. The van der Waals surface area contributed by atoms with Gasteiger partial charge in [0.1, 0.15) is 5.51 Å². The molecule has 1 aliphatic heterocycles. The standard InChI is InChI=1S/C7H11N3S2/c1-2-6(4-8-3-1)12-7-10-9-5-11-7/h5-6,8H,1-4H2. The molecule has 1 unspecified atom stereocenters. The van der Waals surface area contributed by atoms with Gasteiger partial charge in [0.25, 0.3) is 0 Å². The molecule has 66 valence electrons. The Kier molecular flexibility index (Phi) is 2.97. The Morgan fingerprint density at radius 2 is 2.67 bits per heavy atom. The van der Waals surface area contributed by atoms with E-state index in [-0.39, 0.29) is 0 Å². The summed E-state index contributed by atoms with van der Waals surface area (Å²) in [5.41, 5.74) is 1.79. The van der Waals surface area contributed by atoms with Gasteiger partial charge in [0.2, 0.25) is 0 Å². The largest absolute Gasteiger partial charge is 0.316 e. The van der Waals surface area contributed by atoms with Gasteiger partial charge in [0.15, 0.2) is 4.34 Å². The SMILES string of the molecule is c1nnc(SC2CCCNC2)s1. The maximum Gasteiger partial charge on any atom is 0.174 e. The summed E-state index contributed by atoms with van der Waals surface area (Å²) in [5.74, 6) is 0. The molecule has 0 amide bonds. The second-order valence-corrected chi connectivity index (χ2v) is 5.17. The van der Waals surface area contributed by atoms with Gasteiger partial charge >= 0.3 is 0 Å². The molecule has 1 aromatic heterocycles. The van der Waals surface area contributed by atoms with Crippen LogP contribution in [0.25, 0.3) is 0 Å². The van der Waals surface area contributed by atoms with Crippen molar-refractivity contribution in [2.75, 3.05) is 13.1 Å². The van der Waals surface area contributed by atoms with Crippen LogP contribution in [0.4, 0.5) is 0 Å². The van der Waals surface area contributed by atoms with Gasteiger partial charge in [0.05, 0.1) is 0 Å². The van der Waals surface area contributed by atoms with Gasteiger partial charge in [-0.1, -0.05) is 23.1 Å². The van der Waals surface area contributed by atoms with E-state index in [1.165, 1.54) is 19.4 Å². The van der Waals surface area contributed by atoms with Crippen LogP contribution in [-0.2, 0) is 0 Å². The Labute approximate surface area is 80.0 Å². The first-order valence-corrected chi connectivity index (χ1v) is 5.84. The molecule has 0 aromatic carbocycles. The average Bonchev–Trinajstić information content (AvgIpc) is 2.59. The lowest BCUT2D eigenvalue weighted by atomic mass is 10.2. The lowest BCUT2D eigenvalue weighted by Gasteiger charge is -2.20. The van der Waals surface area contributed by atoms with Gasteiger partial charge < -0.3 is 5.32 Å². The summed E-state index contributed by atoms with van der Waals surface area (Å²) in [7, 11) is 0. The van der Waals surface area contributed by atoms with E-state index in [9.17, 15) is 0 Å². The molecular weight excluding hydrogens is 190 g/mol. The highest BCUT2D eigenvalue weighted by molar-refractivity contribution is 8.01. The van der Waals surface area contributed by atoms with Crippen LogP contribution in [-0.4, -0.2) is 28.5 Å². The van der Waals surface area contributed by atoms with Gasteiger partial charge in [-0.2, -0.15) is 0 Å². The molecule has 3 nitrogen and oxygen atoms in total. The Morgan fingerprint density at radius 3 is 3.33 bits per heavy atom. The molecular formula is C7H11N3S2. The van der Waals surface area contributed by atoms with Crippen LogP contribution in [0.2, 0.25) is 0 Å². The fraction of sp³-hybridized carbons (Fsp3) is 0.714. The summed E-state index contributed by atoms with van der Waals surface area (Å²) >= 11 is 3.48. The van der Waals surface area contributed by atoms with Crippen molar-refractivity contribution in [2.45, 2.75) is 22.4 Å². The molecule has 1 aliphatic rings. The fourth-order valence-electron chi connectivity index (χ4n) is 1.28. The first kappa shape index (κ1) is 8.47. The van der Waals surface area contributed by atoms with Crippen molar-refractivity contribution in [1.29, 1.82) is 0 Å². The third-order valence-electron chi connectivity index (χ3n) is 1.86. The monoisotopic (exact) mass is 201 g/mol. The molecule has 0 radical (unpaired) electrons. The molecule has 1 saturated heterocycles. The maximum atomic E-state index is 4.01. The topological polar surface area (TPSA) is 37.8 Å². The van der Waals surface area contributed by atoms with Gasteiger partial charge in [-0.25, -0.2) is 0 Å². The zero-order valence-corrected chi connectivity index (χ0v) is 8.33. The second-order valence-electron chi connectivity index (χ2n) is 2.79. The quantitative estimate of drug-likeness (QED) is 0.784. The van der Waals surface area contributed by atoms with Crippen molar-refractivity contribution in [1.82, 2.24) is 15.5 Å². The smallest absolute Gasteiger partial charge is 0.174 e. The lowest BCUT2D eigenvalue weighted by Crippen LogP contribution is -2.31. The fourth-order valence-corrected chi connectivity index (χ4v) is 3.18. The molecule has 1 atom stereocenters. The van der Waals surface area contributed by atoms with Crippen LogP contribution in [0, 0.1) is 0 Å². The highest BCUT2D eigenvalue weighted by atomic mass is 32.2. The summed E-state index contributed by atoms with van der Waals surface area (Å²) in [5, 5.41) is 11.9. The van der Waals surface area contributed by atoms with Crippen LogP contribution in [0.1, 0.15) is 12.8 Å². The first-order chi connectivity index (χ1) is 5.95. The summed E-state index contributed by atoms with van der Waals surface area (Å²) < 4.78 is 1.10. The third-order valence-corrected chi connectivity index (χ3v) is 3.94. The van der Waals surface area contributed by atoms with E-state index in [1.807, 2.05) is 11.8 Å².